The number of nitrogens with zero attached hydrogens (tertiary/aromatic N) is 3. The molecule has 0 N–H and O–H groups in total. The Morgan fingerprint density at radius 2 is 1.85 bits per heavy atom. The van der Waals surface area contributed by atoms with Crippen LogP contribution in [0.4, 0.5) is 4.39 Å². The van der Waals surface area contributed by atoms with Gasteiger partial charge in [0.25, 0.3) is 0 Å². The molecule has 0 fully saturated rings. The van der Waals surface area contributed by atoms with Crippen molar-refractivity contribution in [1.29, 1.82) is 5.26 Å². The van der Waals surface area contributed by atoms with E-state index in [-0.39, 0.29) is 11.4 Å². The van der Waals surface area contributed by atoms with Gasteiger partial charge in [-0.2, -0.15) is 5.26 Å². The SMILES string of the molecule is C=C(C)c1ccc(CC(=N/C=C\C)C(C)=N/C=C(\C)c2ccc(CCC#N)c(F)c2Cl)cc1C. The molecular weight excluding hydrogens is 445 g/mol. The minimum atomic E-state index is -0.480. The molecule has 5 heteroatoms. The van der Waals surface area contributed by atoms with E-state index in [0.717, 1.165) is 33.7 Å². The quantitative estimate of drug-likeness (QED) is 0.336. The molecule has 0 heterocycles. The highest BCUT2D eigenvalue weighted by Crippen LogP contribution is 2.29. The number of rotatable bonds is 9. The van der Waals surface area contributed by atoms with Gasteiger partial charge in [0, 0.05) is 30.8 Å². The number of nitriles is 1. The van der Waals surface area contributed by atoms with E-state index in [0.29, 0.717) is 24.0 Å². The number of allylic oxidation sites excluding steroid dienone is 3. The Kier molecular flexibility index (Phi) is 10.2. The van der Waals surface area contributed by atoms with Gasteiger partial charge >= 0.3 is 0 Å². The van der Waals surface area contributed by atoms with Crippen molar-refractivity contribution in [2.75, 3.05) is 0 Å². The fourth-order valence-corrected chi connectivity index (χ4v) is 3.89. The normalized spacial score (nSPS) is 12.8. The lowest BCUT2D eigenvalue weighted by molar-refractivity contribution is 0.610. The number of aliphatic imine (C=N–C) groups is 2. The third-order valence-corrected chi connectivity index (χ3v) is 5.83. The summed E-state index contributed by atoms with van der Waals surface area (Å²) in [6, 6.07) is 11.8. The maximum absolute atomic E-state index is 14.6. The highest BCUT2D eigenvalue weighted by molar-refractivity contribution is 6.42. The minimum absolute atomic E-state index is 0.0490. The second kappa shape index (κ2) is 12.8. The van der Waals surface area contributed by atoms with E-state index in [9.17, 15) is 4.39 Å². The predicted octanol–water partition coefficient (Wildman–Crippen LogP) is 8.32. The zero-order valence-electron chi connectivity index (χ0n) is 20.5. The van der Waals surface area contributed by atoms with Gasteiger partial charge in [-0.3, -0.25) is 9.98 Å². The minimum Gasteiger partial charge on any atom is -0.259 e. The molecule has 0 unspecified atom stereocenters. The van der Waals surface area contributed by atoms with E-state index in [1.807, 2.05) is 39.8 Å². The first-order valence-electron chi connectivity index (χ1n) is 11.2. The van der Waals surface area contributed by atoms with E-state index >= 15 is 0 Å². The standard InChI is InChI=1S/C29H31ClFN3/c1-7-15-33-27(17-23-10-12-25(19(2)3)20(4)16-23)22(6)34-18-21(5)26-13-11-24(9-8-14-32)29(31)28(26)30/h7,10-13,15-16,18H,2,8-9,17H2,1,3-6H3/b15-7-,21-18+,33-27?,34-22?. The van der Waals surface area contributed by atoms with Crippen molar-refractivity contribution in [3.05, 3.63) is 94.0 Å². The van der Waals surface area contributed by atoms with Crippen molar-refractivity contribution in [2.24, 2.45) is 9.98 Å². The zero-order valence-corrected chi connectivity index (χ0v) is 21.3. The van der Waals surface area contributed by atoms with Gasteiger partial charge in [0.1, 0.15) is 5.82 Å². The smallest absolute Gasteiger partial charge is 0.145 e. The number of hydrogen-bond acceptors (Lipinski definition) is 3. The van der Waals surface area contributed by atoms with Crippen LogP contribution in [-0.2, 0) is 12.8 Å². The van der Waals surface area contributed by atoms with Gasteiger partial charge in [-0.1, -0.05) is 60.2 Å². The highest BCUT2D eigenvalue weighted by Gasteiger charge is 2.13. The Hall–Kier alpha value is -3.29. The lowest BCUT2D eigenvalue weighted by atomic mass is 9.97. The summed E-state index contributed by atoms with van der Waals surface area (Å²) < 4.78 is 14.6. The van der Waals surface area contributed by atoms with Crippen LogP contribution in [-0.4, -0.2) is 11.4 Å². The third kappa shape index (κ3) is 7.10. The Balaban J connectivity index is 2.33. The summed E-state index contributed by atoms with van der Waals surface area (Å²) in [5.74, 6) is -0.480. The van der Waals surface area contributed by atoms with E-state index < -0.39 is 5.82 Å². The van der Waals surface area contributed by atoms with Crippen LogP contribution < -0.4 is 0 Å². The van der Waals surface area contributed by atoms with Crippen LogP contribution in [0.2, 0.25) is 5.02 Å². The van der Waals surface area contributed by atoms with Gasteiger partial charge in [0.2, 0.25) is 0 Å². The first-order chi connectivity index (χ1) is 16.2. The summed E-state index contributed by atoms with van der Waals surface area (Å²) in [4.78, 5) is 9.21. The summed E-state index contributed by atoms with van der Waals surface area (Å²) in [5.41, 5.74) is 7.87. The third-order valence-electron chi connectivity index (χ3n) is 5.46. The molecular formula is C29H31ClFN3. The molecule has 0 aliphatic heterocycles. The second-order valence-electron chi connectivity index (χ2n) is 8.25. The van der Waals surface area contributed by atoms with Crippen molar-refractivity contribution in [1.82, 2.24) is 0 Å². The molecule has 0 bridgehead atoms. The molecule has 176 valence electrons. The molecule has 0 aliphatic rings. The van der Waals surface area contributed by atoms with Crippen LogP contribution >= 0.6 is 11.6 Å². The second-order valence-corrected chi connectivity index (χ2v) is 8.63. The van der Waals surface area contributed by atoms with Crippen LogP contribution in [0.15, 0.2) is 65.4 Å². The van der Waals surface area contributed by atoms with Gasteiger partial charge in [0.05, 0.1) is 22.5 Å². The Morgan fingerprint density at radius 1 is 1.15 bits per heavy atom. The van der Waals surface area contributed by atoms with Gasteiger partial charge in [0.15, 0.2) is 0 Å². The van der Waals surface area contributed by atoms with Gasteiger partial charge in [-0.25, -0.2) is 4.39 Å². The average molecular weight is 476 g/mol. The lowest BCUT2D eigenvalue weighted by Gasteiger charge is -2.10. The summed E-state index contributed by atoms with van der Waals surface area (Å²) in [5, 5.41) is 8.79. The Labute approximate surface area is 207 Å². The summed E-state index contributed by atoms with van der Waals surface area (Å²) in [6.07, 6.45) is 6.53. The molecule has 0 aromatic heterocycles. The monoisotopic (exact) mass is 475 g/mol. The zero-order chi connectivity index (χ0) is 25.3. The first kappa shape index (κ1) is 27.0. The number of hydrogen-bond donors (Lipinski definition) is 0. The van der Waals surface area contributed by atoms with Crippen LogP contribution in [0, 0.1) is 24.1 Å². The molecule has 0 atom stereocenters. The Morgan fingerprint density at radius 3 is 2.47 bits per heavy atom. The van der Waals surface area contributed by atoms with Crippen LogP contribution in [0.25, 0.3) is 11.1 Å². The van der Waals surface area contributed by atoms with E-state index in [1.165, 1.54) is 5.56 Å². The molecule has 0 saturated carbocycles. The molecule has 34 heavy (non-hydrogen) atoms. The van der Waals surface area contributed by atoms with Crippen LogP contribution in [0.3, 0.4) is 0 Å². The highest BCUT2D eigenvalue weighted by atomic mass is 35.5. The molecule has 0 radical (unpaired) electrons. The number of aryl methyl sites for hydroxylation is 2. The fourth-order valence-electron chi connectivity index (χ4n) is 3.55. The van der Waals surface area contributed by atoms with Crippen molar-refractivity contribution < 1.29 is 4.39 Å². The molecule has 0 amide bonds. The average Bonchev–Trinajstić information content (AvgIpc) is 2.80. The van der Waals surface area contributed by atoms with E-state index in [2.05, 4.69) is 41.7 Å². The van der Waals surface area contributed by atoms with Gasteiger partial charge in [-0.15, -0.1) is 0 Å². The number of halogens is 2. The van der Waals surface area contributed by atoms with Gasteiger partial charge < -0.3 is 0 Å². The van der Waals surface area contributed by atoms with E-state index in [4.69, 9.17) is 16.9 Å². The Bertz CT molecular complexity index is 1230. The van der Waals surface area contributed by atoms with Crippen molar-refractivity contribution >= 4 is 34.2 Å². The van der Waals surface area contributed by atoms with Gasteiger partial charge in [-0.05, 0) is 68.9 Å². The van der Waals surface area contributed by atoms with Crippen molar-refractivity contribution in [3.63, 3.8) is 0 Å². The number of benzene rings is 2. The van der Waals surface area contributed by atoms with Crippen LogP contribution in [0.5, 0.6) is 0 Å². The molecule has 2 aromatic carbocycles. The maximum atomic E-state index is 14.6. The summed E-state index contributed by atoms with van der Waals surface area (Å²) in [6.45, 7) is 13.8. The lowest BCUT2D eigenvalue weighted by Crippen LogP contribution is -2.13. The molecule has 2 rings (SSSR count). The van der Waals surface area contributed by atoms with Crippen molar-refractivity contribution in [2.45, 2.75) is 53.9 Å². The summed E-state index contributed by atoms with van der Waals surface area (Å²) >= 11 is 6.29. The van der Waals surface area contributed by atoms with Crippen LogP contribution in [0.1, 0.15) is 61.9 Å². The largest absolute Gasteiger partial charge is 0.259 e. The molecule has 0 saturated heterocycles. The maximum Gasteiger partial charge on any atom is 0.145 e. The van der Waals surface area contributed by atoms with E-state index in [1.54, 1.807) is 24.5 Å². The predicted molar refractivity (Wildman–Crippen MR) is 144 cm³/mol. The molecule has 0 spiro atoms. The topological polar surface area (TPSA) is 48.5 Å². The fraction of sp³-hybridized carbons (Fsp3) is 0.276. The summed E-state index contributed by atoms with van der Waals surface area (Å²) in [7, 11) is 0. The first-order valence-corrected chi connectivity index (χ1v) is 11.6. The molecule has 0 aliphatic carbocycles. The molecule has 2 aromatic rings. The molecule has 3 nitrogen and oxygen atoms in total. The van der Waals surface area contributed by atoms with Crippen molar-refractivity contribution in [3.8, 4) is 6.07 Å².